The number of nitrogens with zero attached hydrogens (tertiary/aromatic N) is 1. The van der Waals surface area contributed by atoms with Gasteiger partial charge in [-0.2, -0.15) is 5.26 Å². The number of hydrogen-bond donors (Lipinski definition) is 1. The van der Waals surface area contributed by atoms with Crippen molar-refractivity contribution in [3.63, 3.8) is 0 Å². The molecule has 1 aromatic carbocycles. The Hall–Kier alpha value is -1.59. The Morgan fingerprint density at radius 3 is 2.83 bits per heavy atom. The van der Waals surface area contributed by atoms with Gasteiger partial charge in [0.2, 0.25) is 0 Å². The molecule has 1 N–H and O–H groups in total. The highest BCUT2D eigenvalue weighted by Gasteiger charge is 2.45. The van der Waals surface area contributed by atoms with Crippen molar-refractivity contribution in [1.82, 2.24) is 0 Å². The van der Waals surface area contributed by atoms with Gasteiger partial charge in [0.05, 0.1) is 15.6 Å². The number of alkyl halides is 1. The van der Waals surface area contributed by atoms with E-state index in [0.29, 0.717) is 29.1 Å². The summed E-state index contributed by atoms with van der Waals surface area (Å²) in [7, 11) is 0. The lowest BCUT2D eigenvalue weighted by atomic mass is 9.87. The molecule has 0 radical (unpaired) electrons. The molecule has 1 aliphatic carbocycles. The van der Waals surface area contributed by atoms with E-state index in [1.54, 1.807) is 32.0 Å². The first-order valence-corrected chi connectivity index (χ1v) is 8.52. The normalized spacial score (nSPS) is 28.4. The van der Waals surface area contributed by atoms with Crippen molar-refractivity contribution in [3.05, 3.63) is 41.2 Å². The average Bonchev–Trinajstić information content (AvgIpc) is 2.81. The van der Waals surface area contributed by atoms with Gasteiger partial charge in [-0.05, 0) is 32.0 Å². The van der Waals surface area contributed by atoms with Crippen LogP contribution in [0.4, 0.5) is 0 Å². The van der Waals surface area contributed by atoms with Crippen molar-refractivity contribution in [3.8, 4) is 11.8 Å². The van der Waals surface area contributed by atoms with Crippen molar-refractivity contribution in [1.29, 1.82) is 5.26 Å². The van der Waals surface area contributed by atoms with Crippen LogP contribution in [0.3, 0.4) is 0 Å². The lowest BCUT2D eigenvalue weighted by Gasteiger charge is -2.42. The van der Waals surface area contributed by atoms with Crippen LogP contribution in [0.25, 0.3) is 0 Å². The van der Waals surface area contributed by atoms with E-state index in [-0.39, 0.29) is 9.71 Å². The van der Waals surface area contributed by atoms with Gasteiger partial charge in [-0.3, -0.25) is 4.79 Å². The molecule has 23 heavy (non-hydrogen) atoms. The minimum Gasteiger partial charge on any atom is -0.487 e. The van der Waals surface area contributed by atoms with Gasteiger partial charge in [-0.25, -0.2) is 0 Å². The minimum absolute atomic E-state index is 0.0207. The summed E-state index contributed by atoms with van der Waals surface area (Å²) in [6.07, 6.45) is 0.396. The second-order valence-corrected chi connectivity index (χ2v) is 7.74. The zero-order valence-corrected chi connectivity index (χ0v) is 14.9. The first kappa shape index (κ1) is 16.3. The van der Waals surface area contributed by atoms with Gasteiger partial charge in [0.1, 0.15) is 23.2 Å². The van der Waals surface area contributed by atoms with Gasteiger partial charge in [0.25, 0.3) is 0 Å². The second kappa shape index (κ2) is 5.80. The number of aliphatic hydroxyl groups is 1. The molecule has 0 fully saturated rings. The standard InChI is InChI=1S/C17H16INO4/c1-17(2)16(21)15(22-10-6-12(18)13(20)7-10)11-5-9(8-19)3-4-14(11)23-17/h3-5,7,12,15-16,21H,6H2,1-2H3/t12?,15-,16+/m0/s1. The topological polar surface area (TPSA) is 79.5 Å². The number of aliphatic hydroxyl groups excluding tert-OH is 1. The number of nitriles is 1. The average molecular weight is 425 g/mol. The van der Waals surface area contributed by atoms with E-state index in [9.17, 15) is 9.90 Å². The number of carbonyl (C=O) groups excluding carboxylic acids is 1. The number of ether oxygens (including phenoxy) is 2. The number of carbonyl (C=O) groups is 1. The van der Waals surface area contributed by atoms with Crippen LogP contribution in [0.1, 0.15) is 37.5 Å². The summed E-state index contributed by atoms with van der Waals surface area (Å²) in [4.78, 5) is 11.7. The molecule has 3 rings (SSSR count). The van der Waals surface area contributed by atoms with E-state index >= 15 is 0 Å². The third kappa shape index (κ3) is 2.95. The number of halogens is 1. The number of hydrogen-bond acceptors (Lipinski definition) is 5. The molecule has 3 atom stereocenters. The third-order valence-electron chi connectivity index (χ3n) is 4.09. The van der Waals surface area contributed by atoms with Crippen LogP contribution in [0.15, 0.2) is 30.0 Å². The zero-order chi connectivity index (χ0) is 16.8. The Labute approximate surface area is 148 Å². The fourth-order valence-electron chi connectivity index (χ4n) is 2.77. The predicted molar refractivity (Wildman–Crippen MR) is 91.2 cm³/mol. The van der Waals surface area contributed by atoms with Gasteiger partial charge in [-0.15, -0.1) is 0 Å². The molecule has 0 saturated carbocycles. The number of allylic oxidation sites excluding steroid dienone is 2. The number of fused-ring (bicyclic) bond motifs is 1. The van der Waals surface area contributed by atoms with Crippen LogP contribution in [0, 0.1) is 11.3 Å². The molecule has 0 bridgehead atoms. The summed E-state index contributed by atoms with van der Waals surface area (Å²) in [5.41, 5.74) is 0.260. The first-order chi connectivity index (χ1) is 10.8. The third-order valence-corrected chi connectivity index (χ3v) is 5.14. The van der Waals surface area contributed by atoms with Crippen molar-refractivity contribution < 1.29 is 19.4 Å². The van der Waals surface area contributed by atoms with Gasteiger partial charge in [0.15, 0.2) is 11.9 Å². The fraction of sp³-hybridized carbons (Fsp3) is 0.412. The number of ketones is 1. The smallest absolute Gasteiger partial charge is 0.172 e. The maximum Gasteiger partial charge on any atom is 0.172 e. The molecule has 0 spiro atoms. The molecule has 1 unspecified atom stereocenters. The summed E-state index contributed by atoms with van der Waals surface area (Å²) in [6.45, 7) is 3.56. The summed E-state index contributed by atoms with van der Waals surface area (Å²) in [5, 5.41) is 19.7. The lowest BCUT2D eigenvalue weighted by molar-refractivity contribution is -0.120. The van der Waals surface area contributed by atoms with Crippen LogP contribution >= 0.6 is 22.6 Å². The largest absolute Gasteiger partial charge is 0.487 e. The molecule has 0 saturated heterocycles. The second-order valence-electron chi connectivity index (χ2n) is 6.24. The van der Waals surface area contributed by atoms with Crippen molar-refractivity contribution >= 4 is 28.4 Å². The van der Waals surface area contributed by atoms with Crippen molar-refractivity contribution in [2.45, 2.75) is 42.0 Å². The summed E-state index contributed by atoms with van der Waals surface area (Å²) in [5.74, 6) is 1.16. The molecule has 120 valence electrons. The van der Waals surface area contributed by atoms with E-state index < -0.39 is 17.8 Å². The van der Waals surface area contributed by atoms with E-state index in [1.165, 1.54) is 6.08 Å². The minimum atomic E-state index is -0.923. The Balaban J connectivity index is 1.99. The van der Waals surface area contributed by atoms with E-state index in [4.69, 9.17) is 14.7 Å². The summed E-state index contributed by atoms with van der Waals surface area (Å²) < 4.78 is 11.7. The Morgan fingerprint density at radius 1 is 1.48 bits per heavy atom. The van der Waals surface area contributed by atoms with Crippen LogP contribution in [-0.2, 0) is 9.53 Å². The molecule has 1 heterocycles. The van der Waals surface area contributed by atoms with Crippen LogP contribution in [0.2, 0.25) is 0 Å². The SMILES string of the molecule is CC1(C)Oc2ccc(C#N)cc2[C@H](OC2=CC(=O)C(I)C2)[C@H]1O. The summed E-state index contributed by atoms with van der Waals surface area (Å²) >= 11 is 2.08. The van der Waals surface area contributed by atoms with Crippen molar-refractivity contribution in [2.75, 3.05) is 0 Å². The highest BCUT2D eigenvalue weighted by molar-refractivity contribution is 14.1. The first-order valence-electron chi connectivity index (χ1n) is 7.28. The Bertz CT molecular complexity index is 735. The van der Waals surface area contributed by atoms with Crippen LogP contribution in [-0.4, -0.2) is 26.5 Å². The highest BCUT2D eigenvalue weighted by atomic mass is 127. The molecule has 5 nitrogen and oxygen atoms in total. The van der Waals surface area contributed by atoms with Crippen LogP contribution < -0.4 is 4.74 Å². The molecule has 1 aliphatic heterocycles. The van der Waals surface area contributed by atoms with E-state index in [0.717, 1.165) is 0 Å². The quantitative estimate of drug-likeness (QED) is 0.583. The molecule has 6 heteroatoms. The maximum atomic E-state index is 11.7. The number of rotatable bonds is 2. The van der Waals surface area contributed by atoms with Gasteiger partial charge in [0, 0.05) is 18.1 Å². The molecule has 2 aliphatic rings. The molecular formula is C17H16INO4. The van der Waals surface area contributed by atoms with Crippen molar-refractivity contribution in [2.24, 2.45) is 0 Å². The Kier molecular flexibility index (Phi) is 4.10. The predicted octanol–water partition coefficient (Wildman–Crippen LogP) is 2.81. The van der Waals surface area contributed by atoms with E-state index in [1.807, 2.05) is 0 Å². The monoisotopic (exact) mass is 425 g/mol. The fourth-order valence-corrected chi connectivity index (χ4v) is 3.38. The highest BCUT2D eigenvalue weighted by Crippen LogP contribution is 2.44. The van der Waals surface area contributed by atoms with E-state index in [2.05, 4.69) is 28.7 Å². The van der Waals surface area contributed by atoms with Gasteiger partial charge in [-0.1, -0.05) is 22.6 Å². The number of benzene rings is 1. The van der Waals surface area contributed by atoms with Gasteiger partial charge < -0.3 is 14.6 Å². The molecular weight excluding hydrogens is 409 g/mol. The maximum absolute atomic E-state index is 11.7. The molecule has 1 aromatic rings. The Morgan fingerprint density at radius 2 is 2.22 bits per heavy atom. The molecule has 0 amide bonds. The van der Waals surface area contributed by atoms with Gasteiger partial charge >= 0.3 is 0 Å². The summed E-state index contributed by atoms with van der Waals surface area (Å²) in [6, 6.07) is 7.13. The zero-order valence-electron chi connectivity index (χ0n) is 12.7. The van der Waals surface area contributed by atoms with Crippen LogP contribution in [0.5, 0.6) is 5.75 Å². The molecule has 0 aromatic heterocycles. The lowest BCUT2D eigenvalue weighted by Crippen LogP contribution is -2.49.